The third kappa shape index (κ3) is 4.24. The summed E-state index contributed by atoms with van der Waals surface area (Å²) in [4.78, 5) is 39.2. The van der Waals surface area contributed by atoms with E-state index in [-0.39, 0.29) is 0 Å². The maximum atomic E-state index is 12.4. The quantitative estimate of drug-likeness (QED) is 0.791. The zero-order chi connectivity index (χ0) is 17.7. The highest BCUT2D eigenvalue weighted by Crippen LogP contribution is 2.16. The number of benzene rings is 1. The van der Waals surface area contributed by atoms with E-state index in [1.54, 1.807) is 0 Å². The second-order valence-electron chi connectivity index (χ2n) is 5.88. The third-order valence-electron chi connectivity index (χ3n) is 4.05. The molecule has 1 aromatic rings. The van der Waals surface area contributed by atoms with Crippen molar-refractivity contribution in [2.75, 3.05) is 38.6 Å². The Bertz CT molecular complexity index is 645. The molecular weight excluding hydrogens is 310 g/mol. The molecular formula is C17H23N3O4. The van der Waals surface area contributed by atoms with E-state index in [9.17, 15) is 14.4 Å². The summed E-state index contributed by atoms with van der Waals surface area (Å²) in [5.74, 6) is -1.24. The van der Waals surface area contributed by atoms with E-state index in [0.29, 0.717) is 38.3 Å². The largest absolute Gasteiger partial charge is 0.453 e. The van der Waals surface area contributed by atoms with Crippen LogP contribution in [0.25, 0.3) is 0 Å². The Labute approximate surface area is 141 Å². The molecule has 1 saturated heterocycles. The van der Waals surface area contributed by atoms with E-state index in [2.05, 4.69) is 5.32 Å². The molecule has 1 N–H and O–H groups in total. The molecule has 0 atom stereocenters. The van der Waals surface area contributed by atoms with Crippen molar-refractivity contribution in [3.8, 4) is 0 Å². The molecule has 1 fully saturated rings. The minimum atomic E-state index is -0.657. The maximum absolute atomic E-state index is 12.4. The highest BCUT2D eigenvalue weighted by molar-refractivity contribution is 6.39. The standard InChI is InChI=1S/C17H23N3O4/c1-12-5-6-13(2)14(11-12)18-15(21)16(22)19-7-4-8-20(10-9-19)17(23)24-3/h5-6,11H,4,7-10H2,1-3H3,(H,18,21). The van der Waals surface area contributed by atoms with E-state index < -0.39 is 17.9 Å². The molecule has 1 aliphatic heterocycles. The Balaban J connectivity index is 1.99. The summed E-state index contributed by atoms with van der Waals surface area (Å²) in [6, 6.07) is 5.68. The highest BCUT2D eigenvalue weighted by atomic mass is 16.5. The fourth-order valence-corrected chi connectivity index (χ4v) is 2.62. The van der Waals surface area contributed by atoms with Crippen LogP contribution in [0.4, 0.5) is 10.5 Å². The number of methoxy groups -OCH3 is 1. The lowest BCUT2D eigenvalue weighted by Gasteiger charge is -2.21. The molecule has 0 aromatic heterocycles. The molecule has 2 rings (SSSR count). The first-order valence-corrected chi connectivity index (χ1v) is 7.92. The van der Waals surface area contributed by atoms with Crippen LogP contribution in [0.15, 0.2) is 18.2 Å². The first kappa shape index (κ1) is 17.8. The van der Waals surface area contributed by atoms with E-state index in [1.807, 2.05) is 32.0 Å². The van der Waals surface area contributed by atoms with Crippen LogP contribution in [0.2, 0.25) is 0 Å². The summed E-state index contributed by atoms with van der Waals surface area (Å²) in [6.45, 7) is 5.41. The Morgan fingerprint density at radius 1 is 1.04 bits per heavy atom. The molecule has 24 heavy (non-hydrogen) atoms. The fraction of sp³-hybridized carbons (Fsp3) is 0.471. The summed E-state index contributed by atoms with van der Waals surface area (Å²) in [6.07, 6.45) is 0.196. The van der Waals surface area contributed by atoms with Gasteiger partial charge >= 0.3 is 17.9 Å². The summed E-state index contributed by atoms with van der Waals surface area (Å²) in [5.41, 5.74) is 2.54. The molecule has 130 valence electrons. The van der Waals surface area contributed by atoms with E-state index in [4.69, 9.17) is 4.74 Å². The van der Waals surface area contributed by atoms with Crippen LogP contribution in [0, 0.1) is 13.8 Å². The molecule has 0 radical (unpaired) electrons. The van der Waals surface area contributed by atoms with Gasteiger partial charge in [-0.05, 0) is 37.5 Å². The van der Waals surface area contributed by atoms with Crippen molar-refractivity contribution in [2.45, 2.75) is 20.3 Å². The number of hydrogen-bond acceptors (Lipinski definition) is 4. The van der Waals surface area contributed by atoms with Gasteiger partial charge in [-0.25, -0.2) is 4.79 Å². The predicted octanol–water partition coefficient (Wildman–Crippen LogP) is 1.54. The topological polar surface area (TPSA) is 79.0 Å². The van der Waals surface area contributed by atoms with Crippen molar-refractivity contribution in [1.82, 2.24) is 9.80 Å². The molecule has 1 aliphatic rings. The van der Waals surface area contributed by atoms with Crippen molar-refractivity contribution < 1.29 is 19.1 Å². The summed E-state index contributed by atoms with van der Waals surface area (Å²) in [5, 5.41) is 2.68. The molecule has 0 spiro atoms. The van der Waals surface area contributed by atoms with Crippen molar-refractivity contribution >= 4 is 23.6 Å². The van der Waals surface area contributed by atoms with Gasteiger partial charge < -0.3 is 19.9 Å². The minimum Gasteiger partial charge on any atom is -0.453 e. The Morgan fingerprint density at radius 3 is 2.42 bits per heavy atom. The number of nitrogens with zero attached hydrogens (tertiary/aromatic N) is 2. The van der Waals surface area contributed by atoms with E-state index in [0.717, 1.165) is 11.1 Å². The molecule has 0 bridgehead atoms. The van der Waals surface area contributed by atoms with Gasteiger partial charge in [0.05, 0.1) is 7.11 Å². The van der Waals surface area contributed by atoms with Crippen LogP contribution in [0.3, 0.4) is 0 Å². The molecule has 7 heteroatoms. The normalized spacial score (nSPS) is 14.8. The summed E-state index contributed by atoms with van der Waals surface area (Å²) >= 11 is 0. The van der Waals surface area contributed by atoms with Gasteiger partial charge in [-0.15, -0.1) is 0 Å². The van der Waals surface area contributed by atoms with Crippen LogP contribution >= 0.6 is 0 Å². The van der Waals surface area contributed by atoms with Crippen molar-refractivity contribution in [1.29, 1.82) is 0 Å². The number of rotatable bonds is 1. The van der Waals surface area contributed by atoms with Gasteiger partial charge in [0.15, 0.2) is 0 Å². The van der Waals surface area contributed by atoms with Gasteiger partial charge in [0.2, 0.25) is 0 Å². The van der Waals surface area contributed by atoms with E-state index >= 15 is 0 Å². The average molecular weight is 333 g/mol. The van der Waals surface area contributed by atoms with Crippen LogP contribution in [-0.2, 0) is 14.3 Å². The van der Waals surface area contributed by atoms with Crippen molar-refractivity contribution in [2.24, 2.45) is 0 Å². The van der Waals surface area contributed by atoms with Gasteiger partial charge in [0, 0.05) is 31.9 Å². The Hall–Kier alpha value is -2.57. The Kier molecular flexibility index (Phi) is 5.78. The zero-order valence-electron chi connectivity index (χ0n) is 14.3. The number of nitrogens with one attached hydrogen (secondary N) is 1. The first-order chi connectivity index (χ1) is 11.4. The van der Waals surface area contributed by atoms with Crippen LogP contribution in [-0.4, -0.2) is 61.0 Å². The first-order valence-electron chi connectivity index (χ1n) is 7.92. The molecule has 1 aromatic carbocycles. The maximum Gasteiger partial charge on any atom is 0.409 e. The van der Waals surface area contributed by atoms with Gasteiger partial charge in [0.1, 0.15) is 0 Å². The average Bonchev–Trinajstić information content (AvgIpc) is 2.82. The van der Waals surface area contributed by atoms with Crippen LogP contribution in [0.1, 0.15) is 17.5 Å². The second-order valence-corrected chi connectivity index (χ2v) is 5.88. The van der Waals surface area contributed by atoms with Gasteiger partial charge in [0.25, 0.3) is 0 Å². The molecule has 0 unspecified atom stereocenters. The van der Waals surface area contributed by atoms with Crippen LogP contribution in [0.5, 0.6) is 0 Å². The molecule has 1 heterocycles. The summed E-state index contributed by atoms with van der Waals surface area (Å²) in [7, 11) is 1.33. The number of carbonyl (C=O) groups is 3. The zero-order valence-corrected chi connectivity index (χ0v) is 14.3. The second kappa shape index (κ2) is 7.81. The monoisotopic (exact) mass is 333 g/mol. The lowest BCUT2D eigenvalue weighted by Crippen LogP contribution is -2.42. The van der Waals surface area contributed by atoms with Gasteiger partial charge in [-0.2, -0.15) is 0 Å². The SMILES string of the molecule is COC(=O)N1CCCN(C(=O)C(=O)Nc2cc(C)ccc2C)CC1. The number of aryl methyl sites for hydroxylation is 2. The minimum absolute atomic E-state index is 0.314. The molecule has 0 saturated carbocycles. The van der Waals surface area contributed by atoms with Crippen LogP contribution < -0.4 is 5.32 Å². The number of anilines is 1. The lowest BCUT2D eigenvalue weighted by molar-refractivity contribution is -0.143. The highest BCUT2D eigenvalue weighted by Gasteiger charge is 2.26. The Morgan fingerprint density at radius 2 is 1.71 bits per heavy atom. The third-order valence-corrected chi connectivity index (χ3v) is 4.05. The smallest absolute Gasteiger partial charge is 0.409 e. The number of hydrogen-bond donors (Lipinski definition) is 1. The number of ether oxygens (including phenoxy) is 1. The van der Waals surface area contributed by atoms with Crippen molar-refractivity contribution in [3.63, 3.8) is 0 Å². The lowest BCUT2D eigenvalue weighted by atomic mass is 10.1. The fourth-order valence-electron chi connectivity index (χ4n) is 2.62. The van der Waals surface area contributed by atoms with Crippen molar-refractivity contribution in [3.05, 3.63) is 29.3 Å². The van der Waals surface area contributed by atoms with E-state index in [1.165, 1.54) is 16.9 Å². The molecule has 0 aliphatic carbocycles. The molecule has 3 amide bonds. The molecule has 7 nitrogen and oxygen atoms in total. The van der Waals surface area contributed by atoms with Gasteiger partial charge in [-0.1, -0.05) is 12.1 Å². The number of carbonyl (C=O) groups excluding carboxylic acids is 3. The van der Waals surface area contributed by atoms with Gasteiger partial charge in [-0.3, -0.25) is 9.59 Å². The summed E-state index contributed by atoms with van der Waals surface area (Å²) < 4.78 is 4.70. The predicted molar refractivity (Wildman–Crippen MR) is 89.7 cm³/mol. The number of amides is 3.